The second-order valence-corrected chi connectivity index (χ2v) is 27.6. The van der Waals surface area contributed by atoms with Crippen LogP contribution in [0.2, 0.25) is 36.3 Å². The Balaban J connectivity index is 1.74. The largest absolute Gasteiger partial charge is 0.414 e. The number of nitrogens with two attached hydrogens (primary N) is 1. The van der Waals surface area contributed by atoms with Crippen LogP contribution in [0.15, 0.2) is 56.3 Å². The second-order valence-electron chi connectivity index (χ2n) is 16.6. The quantitative estimate of drug-likeness (QED) is 0.0707. The van der Waals surface area contributed by atoms with E-state index in [1.807, 2.05) is 33.9 Å². The number of rotatable bonds is 12. The number of hydrogen-bond donors (Lipinski definition) is 2. The molecule has 1 fully saturated rings. The minimum Gasteiger partial charge on any atom is -0.414 e. The first-order valence-corrected chi connectivity index (χ1v) is 24.7. The van der Waals surface area contributed by atoms with Gasteiger partial charge in [-0.3, -0.25) is 18.7 Å². The van der Waals surface area contributed by atoms with Crippen LogP contribution in [0.3, 0.4) is 0 Å². The first kappa shape index (κ1) is 42.2. The molecule has 1 aromatic heterocycles. The van der Waals surface area contributed by atoms with Gasteiger partial charge in [-0.1, -0.05) is 58.8 Å². The number of nitrogens with one attached hydrogen (secondary N) is 1. The van der Waals surface area contributed by atoms with E-state index in [1.165, 1.54) is 35.0 Å². The smallest absolute Gasteiger partial charge is 0.333 e. The molecule has 4 rings (SSSR count). The maximum absolute atomic E-state index is 14.3. The average molecular weight is 792 g/mol. The Kier molecular flexibility index (Phi) is 11.9. The van der Waals surface area contributed by atoms with Gasteiger partial charge in [-0.2, -0.15) is 8.42 Å². The summed E-state index contributed by atoms with van der Waals surface area (Å²) in [6.45, 7) is 21.9. The Hall–Kier alpha value is -3.56. The summed E-state index contributed by atoms with van der Waals surface area (Å²) >= 11 is 0. The minimum atomic E-state index is -4.28. The number of carbonyl (C=O) groups excluding carboxylic acids is 1. The van der Waals surface area contributed by atoms with Crippen LogP contribution in [0.1, 0.15) is 70.1 Å². The molecule has 2 aliphatic heterocycles. The maximum atomic E-state index is 14.3. The van der Waals surface area contributed by atoms with E-state index in [4.69, 9.17) is 29.0 Å². The van der Waals surface area contributed by atoms with Gasteiger partial charge in [0, 0.05) is 41.0 Å². The van der Waals surface area contributed by atoms with Gasteiger partial charge in [0.25, 0.3) is 21.6 Å². The fourth-order valence-electron chi connectivity index (χ4n) is 5.62. The maximum Gasteiger partial charge on any atom is 0.333 e. The van der Waals surface area contributed by atoms with Crippen molar-refractivity contribution in [3.05, 3.63) is 84.0 Å². The van der Waals surface area contributed by atoms with Crippen LogP contribution in [0, 0.1) is 6.92 Å². The van der Waals surface area contributed by atoms with E-state index in [2.05, 4.69) is 49.2 Å². The molecule has 292 valence electrons. The van der Waals surface area contributed by atoms with Gasteiger partial charge in [0.2, 0.25) is 0 Å². The lowest BCUT2D eigenvalue weighted by molar-refractivity contribution is -0.0567. The topological polar surface area (TPSA) is 219 Å². The highest BCUT2D eigenvalue weighted by molar-refractivity contribution is 7.90. The summed E-state index contributed by atoms with van der Waals surface area (Å²) in [5, 5.41) is 6.57. The summed E-state index contributed by atoms with van der Waals surface area (Å²) < 4.78 is 54.6. The third-order valence-electron chi connectivity index (χ3n) is 10.8. The van der Waals surface area contributed by atoms with Crippen LogP contribution < -0.4 is 22.3 Å². The van der Waals surface area contributed by atoms with Gasteiger partial charge >= 0.3 is 5.69 Å². The van der Waals surface area contributed by atoms with Crippen molar-refractivity contribution in [3.63, 3.8) is 0 Å². The number of aromatic nitrogens is 2. The predicted octanol–water partition coefficient (Wildman–Crippen LogP) is 5.29. The van der Waals surface area contributed by atoms with Crippen molar-refractivity contribution in [2.24, 2.45) is 10.8 Å². The molecular formula is C34H53N7O9SSi2. The molecule has 3 N–H and O–H groups in total. The normalized spacial score (nSPS) is 23.2. The Morgan fingerprint density at radius 3 is 2.21 bits per heavy atom. The summed E-state index contributed by atoms with van der Waals surface area (Å²) in [5.74, 6) is -0.384. The van der Waals surface area contributed by atoms with Gasteiger partial charge in [0.1, 0.15) is 12.2 Å². The number of hydrogen-bond acceptors (Lipinski definition) is 11. The highest BCUT2D eigenvalue weighted by Gasteiger charge is 2.67. The lowest BCUT2D eigenvalue weighted by Crippen LogP contribution is -2.59. The predicted molar refractivity (Wildman–Crippen MR) is 206 cm³/mol. The molecule has 1 saturated heterocycles. The van der Waals surface area contributed by atoms with Crippen molar-refractivity contribution in [2.45, 2.75) is 122 Å². The van der Waals surface area contributed by atoms with Gasteiger partial charge in [0.05, 0.1) is 17.7 Å². The highest BCUT2D eigenvalue weighted by Crippen LogP contribution is 2.52. The van der Waals surface area contributed by atoms with E-state index in [-0.39, 0.29) is 53.4 Å². The minimum absolute atomic E-state index is 0.0497. The highest BCUT2D eigenvalue weighted by atomic mass is 32.2. The van der Waals surface area contributed by atoms with Gasteiger partial charge in [-0.05, 0) is 67.3 Å². The van der Waals surface area contributed by atoms with Crippen molar-refractivity contribution in [2.75, 3.05) is 13.2 Å². The van der Waals surface area contributed by atoms with E-state index in [9.17, 15) is 22.8 Å². The number of aryl methyl sites for hydroxylation is 1. The molecule has 0 aliphatic carbocycles. The summed E-state index contributed by atoms with van der Waals surface area (Å²) in [7, 11) is -9.49. The first-order valence-electron chi connectivity index (χ1n) is 17.4. The number of azide groups is 1. The molecule has 53 heavy (non-hydrogen) atoms. The molecule has 1 amide bonds. The molecule has 0 bridgehead atoms. The summed E-state index contributed by atoms with van der Waals surface area (Å²) in [4.78, 5) is 43.1. The molecule has 2 aromatic rings. The third kappa shape index (κ3) is 8.57. The zero-order valence-electron chi connectivity index (χ0n) is 32.4. The third-order valence-corrected chi connectivity index (χ3v) is 20.9. The molecule has 16 nitrogen and oxygen atoms in total. The Bertz CT molecular complexity index is 2030. The van der Waals surface area contributed by atoms with Crippen LogP contribution >= 0.6 is 0 Å². The van der Waals surface area contributed by atoms with E-state index < -0.39 is 62.0 Å². The summed E-state index contributed by atoms with van der Waals surface area (Å²) in [6, 6.07) is 6.07. The van der Waals surface area contributed by atoms with Crippen LogP contribution in [0.5, 0.6) is 0 Å². The van der Waals surface area contributed by atoms with Gasteiger partial charge in [0.15, 0.2) is 28.5 Å². The van der Waals surface area contributed by atoms with Crippen LogP contribution in [0.4, 0.5) is 5.69 Å². The van der Waals surface area contributed by atoms with E-state index >= 15 is 0 Å². The van der Waals surface area contributed by atoms with E-state index in [0.717, 1.165) is 9.98 Å². The standard InChI is InChI=1S/C34H53N7O9SSi2/c1-22-19-41(31(44)40(29(22)43)18-12-17-37-28(42)23-13-15-24(16-14-23)38-39-36)30-27(49-53(10,11)33(5,6)7)34(25(35)21-51(45,46)50-34)26(48-30)20-47-52(8,9)32(2,3)4/h13-16,19,21,26-27,30H,12,17-18,20,35H2,1-11H3,(H,37,42)/t26-,27+,30-,34?/m1/s1. The van der Waals surface area contributed by atoms with Crippen LogP contribution in [0.25, 0.3) is 10.4 Å². The Morgan fingerprint density at radius 2 is 1.68 bits per heavy atom. The number of ether oxygens (including phenoxy) is 1. The number of amides is 1. The van der Waals surface area contributed by atoms with Crippen molar-refractivity contribution in [1.82, 2.24) is 14.5 Å². The molecule has 1 aromatic carbocycles. The van der Waals surface area contributed by atoms with Gasteiger partial charge in [-0.25, -0.2) is 8.98 Å². The Morgan fingerprint density at radius 1 is 1.08 bits per heavy atom. The van der Waals surface area contributed by atoms with Crippen molar-refractivity contribution in [1.29, 1.82) is 0 Å². The van der Waals surface area contributed by atoms with Gasteiger partial charge in [-0.15, -0.1) is 0 Å². The molecule has 19 heteroatoms. The van der Waals surface area contributed by atoms with Gasteiger partial charge < -0.3 is 24.6 Å². The monoisotopic (exact) mass is 791 g/mol. The lowest BCUT2D eigenvalue weighted by atomic mass is 9.89. The fourth-order valence-corrected chi connectivity index (χ4v) is 9.13. The van der Waals surface area contributed by atoms with Crippen LogP contribution in [-0.2, 0) is 34.4 Å². The summed E-state index contributed by atoms with van der Waals surface area (Å²) in [5.41, 5.74) is 12.9. The molecule has 1 spiro atoms. The number of benzene rings is 1. The van der Waals surface area contributed by atoms with E-state index in [0.29, 0.717) is 11.3 Å². The van der Waals surface area contributed by atoms with Crippen molar-refractivity contribution >= 4 is 38.3 Å². The van der Waals surface area contributed by atoms with E-state index in [1.54, 1.807) is 6.92 Å². The molecule has 0 saturated carbocycles. The fraction of sp³-hybridized carbons (Fsp3) is 0.618. The Labute approximate surface area is 312 Å². The molecule has 0 radical (unpaired) electrons. The number of nitrogens with zero attached hydrogens (tertiary/aromatic N) is 5. The molecule has 1 unspecified atom stereocenters. The zero-order valence-corrected chi connectivity index (χ0v) is 35.2. The first-order chi connectivity index (χ1) is 24.3. The molecule has 3 heterocycles. The molecule has 2 aliphatic rings. The lowest BCUT2D eigenvalue weighted by Gasteiger charge is -2.43. The average Bonchev–Trinajstić information content (AvgIpc) is 3.46. The second kappa shape index (κ2) is 14.9. The van der Waals surface area contributed by atoms with Crippen LogP contribution in [-0.4, -0.2) is 71.1 Å². The SMILES string of the molecule is Cc1cn([C@@H]2O[C@H](CO[Si](C)(C)C(C)(C)C)C3(OS(=O)(=O)C=C3N)[C@H]2O[Si](C)(C)C(C)(C)C)c(=O)n(CCCNC(=O)c2ccc(N=[N+]=[N-])cc2)c1=O. The summed E-state index contributed by atoms with van der Waals surface area (Å²) in [6.07, 6.45) is -2.03. The zero-order chi connectivity index (χ0) is 39.9. The molecular weight excluding hydrogens is 739 g/mol. The number of carbonyl (C=O) groups is 1. The van der Waals surface area contributed by atoms with Crippen molar-refractivity contribution in [3.8, 4) is 0 Å². The molecule has 4 atom stereocenters. The van der Waals surface area contributed by atoms with Crippen molar-refractivity contribution < 1.29 is 31.0 Å².